The number of piperidine rings is 1. The fourth-order valence-corrected chi connectivity index (χ4v) is 2.47. The van der Waals surface area contributed by atoms with Crippen LogP contribution in [0.2, 0.25) is 0 Å². The van der Waals surface area contributed by atoms with Gasteiger partial charge in [-0.25, -0.2) is 0 Å². The Hall–Kier alpha value is -0.900. The third-order valence-electron chi connectivity index (χ3n) is 2.76. The number of ether oxygens (including phenoxy) is 1. The number of methoxy groups -OCH3 is 1. The van der Waals surface area contributed by atoms with Gasteiger partial charge in [-0.05, 0) is 27.7 Å². The van der Waals surface area contributed by atoms with Crippen LogP contribution in [0, 0.1) is 5.92 Å². The molecule has 0 aliphatic carbocycles. The highest BCUT2D eigenvalue weighted by Gasteiger charge is 2.49. The normalized spacial score (nSPS) is 28.6. The van der Waals surface area contributed by atoms with Gasteiger partial charge in [0.05, 0.1) is 7.11 Å². The lowest BCUT2D eigenvalue weighted by Gasteiger charge is -2.45. The summed E-state index contributed by atoms with van der Waals surface area (Å²) in [6.07, 6.45) is 0.357. The summed E-state index contributed by atoms with van der Waals surface area (Å²) in [4.78, 5) is 23.4. The molecule has 15 heavy (non-hydrogen) atoms. The lowest BCUT2D eigenvalue weighted by Crippen LogP contribution is -2.65. The Bertz CT molecular complexity index is 294. The average Bonchev–Trinajstić information content (AvgIpc) is 1.97. The number of hydrogen-bond donors (Lipinski definition) is 1. The van der Waals surface area contributed by atoms with Crippen molar-refractivity contribution in [3.05, 3.63) is 0 Å². The minimum atomic E-state index is -0.699. The fourth-order valence-electron chi connectivity index (χ4n) is 2.47. The minimum absolute atomic E-state index is 0.0457. The molecule has 4 heteroatoms. The molecule has 0 aromatic rings. The van der Waals surface area contributed by atoms with E-state index in [9.17, 15) is 9.59 Å². The van der Waals surface area contributed by atoms with E-state index in [2.05, 4.69) is 10.1 Å². The molecule has 4 nitrogen and oxygen atoms in total. The first-order valence-corrected chi connectivity index (χ1v) is 5.09. The van der Waals surface area contributed by atoms with E-state index in [-0.39, 0.29) is 11.3 Å². The van der Waals surface area contributed by atoms with Gasteiger partial charge in [0.1, 0.15) is 5.92 Å². The number of Topliss-reactive ketones (excluding diaryl/α,β-unsaturated/α-hetero) is 1. The zero-order chi connectivity index (χ0) is 11.9. The smallest absolute Gasteiger partial charge is 0.318 e. The molecule has 0 bridgehead atoms. The molecule has 0 spiro atoms. The Morgan fingerprint density at radius 3 is 2.33 bits per heavy atom. The monoisotopic (exact) mass is 213 g/mol. The Morgan fingerprint density at radius 1 is 1.40 bits per heavy atom. The Kier molecular flexibility index (Phi) is 2.92. The second-order valence-electron chi connectivity index (χ2n) is 5.33. The second kappa shape index (κ2) is 3.59. The summed E-state index contributed by atoms with van der Waals surface area (Å²) >= 11 is 0. The van der Waals surface area contributed by atoms with E-state index in [1.807, 2.05) is 27.7 Å². The van der Waals surface area contributed by atoms with Crippen molar-refractivity contribution in [2.24, 2.45) is 5.92 Å². The predicted molar refractivity (Wildman–Crippen MR) is 56.4 cm³/mol. The van der Waals surface area contributed by atoms with Crippen LogP contribution in [-0.4, -0.2) is 29.9 Å². The maximum absolute atomic E-state index is 11.9. The first-order chi connectivity index (χ1) is 6.69. The number of carbonyl (C=O) groups is 2. The Morgan fingerprint density at radius 2 is 1.93 bits per heavy atom. The van der Waals surface area contributed by atoms with E-state index < -0.39 is 17.4 Å². The number of carbonyl (C=O) groups excluding carboxylic acids is 2. The molecule has 0 saturated carbocycles. The van der Waals surface area contributed by atoms with Crippen LogP contribution >= 0.6 is 0 Å². The summed E-state index contributed by atoms with van der Waals surface area (Å²) in [6.45, 7) is 7.63. The molecule has 1 unspecified atom stereocenters. The van der Waals surface area contributed by atoms with Gasteiger partial charge in [-0.1, -0.05) is 0 Å². The fraction of sp³-hybridized carbons (Fsp3) is 0.818. The third-order valence-corrected chi connectivity index (χ3v) is 2.76. The summed E-state index contributed by atoms with van der Waals surface area (Å²) < 4.78 is 4.66. The van der Waals surface area contributed by atoms with E-state index in [0.29, 0.717) is 6.42 Å². The maximum Gasteiger partial charge on any atom is 0.318 e. The molecule has 1 aliphatic heterocycles. The predicted octanol–water partition coefficient (Wildman–Crippen LogP) is 0.895. The molecule has 1 N–H and O–H groups in total. The first-order valence-electron chi connectivity index (χ1n) is 5.09. The molecule has 0 amide bonds. The van der Waals surface area contributed by atoms with E-state index in [1.165, 1.54) is 7.11 Å². The number of hydrogen-bond acceptors (Lipinski definition) is 4. The van der Waals surface area contributed by atoms with Crippen LogP contribution in [0.4, 0.5) is 0 Å². The first kappa shape index (κ1) is 12.2. The molecule has 0 radical (unpaired) electrons. The lowest BCUT2D eigenvalue weighted by molar-refractivity contribution is -0.155. The van der Waals surface area contributed by atoms with Crippen molar-refractivity contribution in [3.63, 3.8) is 0 Å². The molecule has 1 saturated heterocycles. The zero-order valence-corrected chi connectivity index (χ0v) is 10.0. The van der Waals surface area contributed by atoms with Gasteiger partial charge in [0.25, 0.3) is 0 Å². The summed E-state index contributed by atoms with van der Waals surface area (Å²) in [7, 11) is 1.31. The molecule has 1 atom stereocenters. The molecule has 86 valence electrons. The number of esters is 1. The minimum Gasteiger partial charge on any atom is -0.468 e. The van der Waals surface area contributed by atoms with Gasteiger partial charge in [0.15, 0.2) is 5.78 Å². The van der Waals surface area contributed by atoms with Gasteiger partial charge in [-0.15, -0.1) is 0 Å². The van der Waals surface area contributed by atoms with Crippen molar-refractivity contribution in [1.82, 2.24) is 5.32 Å². The number of ketones is 1. The molecule has 1 rings (SSSR count). The molecule has 1 aliphatic rings. The van der Waals surface area contributed by atoms with Crippen molar-refractivity contribution in [2.45, 2.75) is 45.2 Å². The quantitative estimate of drug-likeness (QED) is 0.519. The topological polar surface area (TPSA) is 55.4 Å². The number of rotatable bonds is 1. The van der Waals surface area contributed by atoms with Crippen LogP contribution in [0.5, 0.6) is 0 Å². The molecule has 0 aromatic carbocycles. The summed E-state index contributed by atoms with van der Waals surface area (Å²) in [5.41, 5.74) is -0.809. The van der Waals surface area contributed by atoms with Gasteiger partial charge in [-0.3, -0.25) is 9.59 Å². The van der Waals surface area contributed by atoms with Crippen molar-refractivity contribution < 1.29 is 14.3 Å². The maximum atomic E-state index is 11.9. The highest BCUT2D eigenvalue weighted by atomic mass is 16.5. The standard InChI is InChI=1S/C11H19NO3/c1-10(2)6-7(13)8(9(14)15-5)11(3,4)12-10/h8,12H,6H2,1-5H3. The molecular formula is C11H19NO3. The third kappa shape index (κ3) is 2.37. The Labute approximate surface area is 90.4 Å². The van der Waals surface area contributed by atoms with Gasteiger partial charge in [-0.2, -0.15) is 0 Å². The van der Waals surface area contributed by atoms with E-state index >= 15 is 0 Å². The van der Waals surface area contributed by atoms with Crippen molar-refractivity contribution in [2.75, 3.05) is 7.11 Å². The summed E-state index contributed by atoms with van der Waals surface area (Å²) in [6, 6.07) is 0. The van der Waals surface area contributed by atoms with Crippen LogP contribution < -0.4 is 5.32 Å². The SMILES string of the molecule is COC(=O)C1C(=O)CC(C)(C)NC1(C)C. The molecular weight excluding hydrogens is 194 g/mol. The van der Waals surface area contributed by atoms with Crippen molar-refractivity contribution in [1.29, 1.82) is 0 Å². The molecule has 1 fully saturated rings. The van der Waals surface area contributed by atoms with Crippen LogP contribution in [0.15, 0.2) is 0 Å². The van der Waals surface area contributed by atoms with E-state index in [4.69, 9.17) is 0 Å². The highest BCUT2D eigenvalue weighted by molar-refractivity contribution is 6.01. The van der Waals surface area contributed by atoms with Crippen LogP contribution in [0.1, 0.15) is 34.1 Å². The second-order valence-corrected chi connectivity index (χ2v) is 5.33. The van der Waals surface area contributed by atoms with Gasteiger partial charge >= 0.3 is 5.97 Å². The number of nitrogens with one attached hydrogen (secondary N) is 1. The lowest BCUT2D eigenvalue weighted by atomic mass is 9.74. The van der Waals surface area contributed by atoms with Crippen LogP contribution in [0.3, 0.4) is 0 Å². The van der Waals surface area contributed by atoms with E-state index in [0.717, 1.165) is 0 Å². The van der Waals surface area contributed by atoms with Gasteiger partial charge in [0.2, 0.25) is 0 Å². The molecule has 0 aromatic heterocycles. The molecule has 1 heterocycles. The highest BCUT2D eigenvalue weighted by Crippen LogP contribution is 2.31. The van der Waals surface area contributed by atoms with Gasteiger partial charge in [0, 0.05) is 17.5 Å². The van der Waals surface area contributed by atoms with Crippen molar-refractivity contribution >= 4 is 11.8 Å². The zero-order valence-electron chi connectivity index (χ0n) is 10.0. The largest absolute Gasteiger partial charge is 0.468 e. The summed E-state index contributed by atoms with van der Waals surface area (Å²) in [5, 5.41) is 3.31. The average molecular weight is 213 g/mol. The van der Waals surface area contributed by atoms with E-state index in [1.54, 1.807) is 0 Å². The van der Waals surface area contributed by atoms with Gasteiger partial charge < -0.3 is 10.1 Å². The van der Waals surface area contributed by atoms with Crippen LogP contribution in [-0.2, 0) is 14.3 Å². The van der Waals surface area contributed by atoms with Crippen molar-refractivity contribution in [3.8, 4) is 0 Å². The Balaban J connectivity index is 2.99. The van der Waals surface area contributed by atoms with Crippen LogP contribution in [0.25, 0.3) is 0 Å². The summed E-state index contributed by atoms with van der Waals surface area (Å²) in [5.74, 6) is -1.20.